The molecule has 3 N–H and O–H groups in total. The molecule has 0 radical (unpaired) electrons. The van der Waals surface area contributed by atoms with Gasteiger partial charge in [0, 0.05) is 13.7 Å². The molecule has 17 heavy (non-hydrogen) atoms. The number of nitrogens with zero attached hydrogens (tertiary/aromatic N) is 3. The van der Waals surface area contributed by atoms with Crippen molar-refractivity contribution in [2.24, 2.45) is 5.92 Å². The lowest BCUT2D eigenvalue weighted by Gasteiger charge is -2.11. The Morgan fingerprint density at radius 2 is 2.12 bits per heavy atom. The van der Waals surface area contributed by atoms with Crippen LogP contribution in [-0.4, -0.2) is 41.8 Å². The first-order chi connectivity index (χ1) is 8.15. The van der Waals surface area contributed by atoms with Gasteiger partial charge in [0.15, 0.2) is 0 Å². The van der Waals surface area contributed by atoms with Gasteiger partial charge < -0.3 is 20.5 Å². The van der Waals surface area contributed by atoms with E-state index in [4.69, 9.17) is 15.2 Å². The molecule has 1 aromatic rings. The molecule has 0 saturated carbocycles. The highest BCUT2D eigenvalue weighted by Crippen LogP contribution is 2.09. The lowest BCUT2D eigenvalue weighted by Crippen LogP contribution is -2.18. The molecule has 7 heteroatoms. The van der Waals surface area contributed by atoms with Crippen molar-refractivity contribution in [2.45, 2.75) is 13.8 Å². The van der Waals surface area contributed by atoms with E-state index in [1.54, 1.807) is 7.11 Å². The van der Waals surface area contributed by atoms with Crippen LogP contribution in [0.1, 0.15) is 13.8 Å². The number of hydrogen-bond donors (Lipinski definition) is 2. The third-order valence-corrected chi connectivity index (χ3v) is 1.97. The predicted molar refractivity (Wildman–Crippen MR) is 64.9 cm³/mol. The highest BCUT2D eigenvalue weighted by Gasteiger charge is 2.06. The smallest absolute Gasteiger partial charge is 0.323 e. The molecule has 96 valence electrons. The maximum Gasteiger partial charge on any atom is 0.323 e. The predicted octanol–water partition coefficient (Wildman–Crippen LogP) is 0.547. The summed E-state index contributed by atoms with van der Waals surface area (Å²) in [6.07, 6.45) is 0. The monoisotopic (exact) mass is 241 g/mol. The van der Waals surface area contributed by atoms with E-state index in [2.05, 4.69) is 27.2 Å². The van der Waals surface area contributed by atoms with Crippen molar-refractivity contribution >= 4 is 11.9 Å². The van der Waals surface area contributed by atoms with Crippen molar-refractivity contribution in [1.82, 2.24) is 15.0 Å². The number of rotatable bonds is 7. The number of nitrogens with one attached hydrogen (secondary N) is 1. The number of nitrogen functional groups attached to an aromatic ring is 1. The van der Waals surface area contributed by atoms with E-state index >= 15 is 0 Å². The molecule has 1 unspecified atom stereocenters. The van der Waals surface area contributed by atoms with Gasteiger partial charge in [0.1, 0.15) is 0 Å². The molecule has 0 spiro atoms. The van der Waals surface area contributed by atoms with Crippen molar-refractivity contribution < 1.29 is 9.47 Å². The van der Waals surface area contributed by atoms with E-state index in [1.165, 1.54) is 0 Å². The zero-order valence-electron chi connectivity index (χ0n) is 10.4. The quantitative estimate of drug-likeness (QED) is 0.719. The molecule has 0 aliphatic carbocycles. The Bertz CT molecular complexity index is 347. The summed E-state index contributed by atoms with van der Waals surface area (Å²) < 4.78 is 10.2. The molecule has 1 heterocycles. The topological polar surface area (TPSA) is 95.2 Å². The summed E-state index contributed by atoms with van der Waals surface area (Å²) in [4.78, 5) is 11.9. The van der Waals surface area contributed by atoms with Crippen LogP contribution in [-0.2, 0) is 4.74 Å². The first kappa shape index (κ1) is 13.4. The van der Waals surface area contributed by atoms with Crippen LogP contribution in [0.3, 0.4) is 0 Å². The van der Waals surface area contributed by atoms with Crippen LogP contribution < -0.4 is 15.8 Å². The molecule has 1 rings (SSSR count). The Labute approximate surface area is 101 Å². The molecule has 0 fully saturated rings. The molecule has 1 aromatic heterocycles. The summed E-state index contributed by atoms with van der Waals surface area (Å²) in [5.74, 6) is 0.919. The fourth-order valence-electron chi connectivity index (χ4n) is 1.25. The van der Waals surface area contributed by atoms with Crippen molar-refractivity contribution in [2.75, 3.05) is 37.9 Å². The average molecular weight is 241 g/mol. The second-order valence-corrected chi connectivity index (χ2v) is 3.67. The number of anilines is 2. The standard InChI is InChI=1S/C10H19N5O2/c1-4-17-10-14-8(11)13-9(15-10)12-5-7(2)6-16-3/h7H,4-6H2,1-3H3,(H3,11,12,13,14,15). The first-order valence-corrected chi connectivity index (χ1v) is 5.52. The summed E-state index contributed by atoms with van der Waals surface area (Å²) in [5.41, 5.74) is 5.55. The minimum Gasteiger partial charge on any atom is -0.464 e. The van der Waals surface area contributed by atoms with Gasteiger partial charge in [-0.2, -0.15) is 15.0 Å². The van der Waals surface area contributed by atoms with Crippen molar-refractivity contribution in [3.8, 4) is 6.01 Å². The lowest BCUT2D eigenvalue weighted by atomic mass is 10.2. The van der Waals surface area contributed by atoms with Crippen LogP contribution in [0.15, 0.2) is 0 Å². The van der Waals surface area contributed by atoms with E-state index in [0.717, 1.165) is 0 Å². The average Bonchev–Trinajstić information content (AvgIpc) is 2.26. The fourth-order valence-corrected chi connectivity index (χ4v) is 1.25. The molecule has 7 nitrogen and oxygen atoms in total. The number of ether oxygens (including phenoxy) is 2. The summed E-state index contributed by atoms with van der Waals surface area (Å²) in [6.45, 7) is 5.77. The number of hydrogen-bond acceptors (Lipinski definition) is 7. The number of nitrogens with two attached hydrogens (primary N) is 1. The molecule has 0 aliphatic rings. The highest BCUT2D eigenvalue weighted by atomic mass is 16.5. The summed E-state index contributed by atoms with van der Waals surface area (Å²) >= 11 is 0. The summed E-state index contributed by atoms with van der Waals surface area (Å²) in [7, 11) is 1.67. The zero-order valence-corrected chi connectivity index (χ0v) is 10.4. The molecular formula is C10H19N5O2. The number of aromatic nitrogens is 3. The highest BCUT2D eigenvalue weighted by molar-refractivity contribution is 5.32. The van der Waals surface area contributed by atoms with E-state index in [-0.39, 0.29) is 12.0 Å². The molecule has 0 saturated heterocycles. The summed E-state index contributed by atoms with van der Waals surface area (Å²) in [6, 6.07) is 0.238. The Morgan fingerprint density at radius 3 is 2.76 bits per heavy atom. The largest absolute Gasteiger partial charge is 0.464 e. The van der Waals surface area contributed by atoms with Gasteiger partial charge in [-0.3, -0.25) is 0 Å². The molecule has 1 atom stereocenters. The minimum atomic E-state index is 0.144. The van der Waals surface area contributed by atoms with Gasteiger partial charge in [-0.25, -0.2) is 0 Å². The van der Waals surface area contributed by atoms with Gasteiger partial charge >= 0.3 is 6.01 Å². The third-order valence-electron chi connectivity index (χ3n) is 1.97. The molecule has 0 aromatic carbocycles. The Balaban J connectivity index is 2.57. The van der Waals surface area contributed by atoms with Crippen molar-refractivity contribution in [1.29, 1.82) is 0 Å². The molecule has 0 amide bonds. The van der Waals surface area contributed by atoms with Crippen LogP contribution in [0.5, 0.6) is 6.01 Å². The van der Waals surface area contributed by atoms with Gasteiger partial charge in [0.2, 0.25) is 11.9 Å². The molecule has 0 bridgehead atoms. The minimum absolute atomic E-state index is 0.144. The fraction of sp³-hybridized carbons (Fsp3) is 0.700. The van der Waals surface area contributed by atoms with Gasteiger partial charge in [-0.15, -0.1) is 0 Å². The maximum atomic E-state index is 5.55. The normalized spacial score (nSPS) is 12.2. The Morgan fingerprint density at radius 1 is 1.35 bits per heavy atom. The van der Waals surface area contributed by atoms with E-state index < -0.39 is 0 Å². The van der Waals surface area contributed by atoms with Gasteiger partial charge in [0.25, 0.3) is 0 Å². The number of methoxy groups -OCH3 is 1. The summed E-state index contributed by atoms with van der Waals surface area (Å²) in [5, 5.41) is 3.07. The molecular weight excluding hydrogens is 222 g/mol. The SMILES string of the molecule is CCOc1nc(N)nc(NCC(C)COC)n1. The van der Waals surface area contributed by atoms with Gasteiger partial charge in [-0.1, -0.05) is 6.92 Å². The third kappa shape index (κ3) is 4.81. The van der Waals surface area contributed by atoms with Gasteiger partial charge in [0.05, 0.1) is 13.2 Å². The van der Waals surface area contributed by atoms with Crippen molar-refractivity contribution in [3.63, 3.8) is 0 Å². The van der Waals surface area contributed by atoms with Crippen molar-refractivity contribution in [3.05, 3.63) is 0 Å². The zero-order chi connectivity index (χ0) is 12.7. The van der Waals surface area contributed by atoms with Crippen LogP contribution in [0, 0.1) is 5.92 Å². The van der Waals surface area contributed by atoms with Crippen LogP contribution >= 0.6 is 0 Å². The van der Waals surface area contributed by atoms with E-state index in [0.29, 0.717) is 31.6 Å². The second kappa shape index (κ2) is 6.85. The first-order valence-electron chi connectivity index (χ1n) is 5.52. The van der Waals surface area contributed by atoms with Crippen LogP contribution in [0.4, 0.5) is 11.9 Å². The van der Waals surface area contributed by atoms with E-state index in [1.807, 2.05) is 6.92 Å². The Kier molecular flexibility index (Phi) is 5.41. The van der Waals surface area contributed by atoms with E-state index in [9.17, 15) is 0 Å². The maximum absolute atomic E-state index is 5.55. The van der Waals surface area contributed by atoms with Gasteiger partial charge in [-0.05, 0) is 12.8 Å². The second-order valence-electron chi connectivity index (χ2n) is 3.67. The molecule has 0 aliphatic heterocycles. The van der Waals surface area contributed by atoms with Crippen LogP contribution in [0.2, 0.25) is 0 Å². The Hall–Kier alpha value is -1.63. The lowest BCUT2D eigenvalue weighted by molar-refractivity contribution is 0.164. The van der Waals surface area contributed by atoms with Crippen LogP contribution in [0.25, 0.3) is 0 Å².